The highest BCUT2D eigenvalue weighted by Gasteiger charge is 2.19. The van der Waals surface area contributed by atoms with Crippen LogP contribution in [-0.2, 0) is 6.54 Å². The summed E-state index contributed by atoms with van der Waals surface area (Å²) in [5.74, 6) is 1.40. The zero-order valence-electron chi connectivity index (χ0n) is 11.6. The van der Waals surface area contributed by atoms with E-state index in [1.54, 1.807) is 18.4 Å². The van der Waals surface area contributed by atoms with Crippen LogP contribution >= 0.6 is 0 Å². The Kier molecular flexibility index (Phi) is 4.60. The van der Waals surface area contributed by atoms with Crippen molar-refractivity contribution < 1.29 is 13.6 Å². The summed E-state index contributed by atoms with van der Waals surface area (Å²) in [4.78, 5) is 14.0. The molecule has 0 fully saturated rings. The minimum absolute atomic E-state index is 0.0297. The molecular formula is C14H19N3O3. The molecule has 1 atom stereocenters. The molecule has 2 aromatic heterocycles. The van der Waals surface area contributed by atoms with E-state index in [4.69, 9.17) is 14.6 Å². The van der Waals surface area contributed by atoms with Gasteiger partial charge in [0.05, 0.1) is 18.8 Å². The van der Waals surface area contributed by atoms with Gasteiger partial charge in [0, 0.05) is 6.54 Å². The smallest absolute Gasteiger partial charge is 0.287 e. The second-order valence-corrected chi connectivity index (χ2v) is 4.67. The second-order valence-electron chi connectivity index (χ2n) is 4.67. The molecule has 108 valence electrons. The Labute approximate surface area is 117 Å². The van der Waals surface area contributed by atoms with Crippen LogP contribution in [-0.4, -0.2) is 31.4 Å². The van der Waals surface area contributed by atoms with Gasteiger partial charge in [-0.15, -0.1) is 0 Å². The van der Waals surface area contributed by atoms with Gasteiger partial charge >= 0.3 is 0 Å². The van der Waals surface area contributed by atoms with Crippen LogP contribution < -0.4 is 11.1 Å². The Bertz CT molecular complexity index is 546. The van der Waals surface area contributed by atoms with Crippen LogP contribution in [0.25, 0.3) is 0 Å². The maximum absolute atomic E-state index is 12.0. The Balaban J connectivity index is 1.97. The molecule has 0 aliphatic carbocycles. The van der Waals surface area contributed by atoms with E-state index in [0.29, 0.717) is 12.3 Å². The predicted molar refractivity (Wildman–Crippen MR) is 74.1 cm³/mol. The van der Waals surface area contributed by atoms with Crippen molar-refractivity contribution in [1.82, 2.24) is 10.2 Å². The molecule has 3 N–H and O–H groups in total. The highest BCUT2D eigenvalue weighted by molar-refractivity contribution is 5.91. The minimum atomic E-state index is -0.261. The summed E-state index contributed by atoms with van der Waals surface area (Å²) in [6, 6.07) is 7.00. The Hall–Kier alpha value is -2.05. The van der Waals surface area contributed by atoms with Gasteiger partial charge in [0.25, 0.3) is 5.91 Å². The molecular weight excluding hydrogens is 258 g/mol. The van der Waals surface area contributed by atoms with Crippen LogP contribution in [0.15, 0.2) is 39.4 Å². The first-order valence-electron chi connectivity index (χ1n) is 6.38. The van der Waals surface area contributed by atoms with E-state index in [-0.39, 0.29) is 24.3 Å². The number of nitrogens with one attached hydrogen (secondary N) is 1. The van der Waals surface area contributed by atoms with E-state index >= 15 is 0 Å². The second kappa shape index (κ2) is 6.40. The number of likely N-dealkylation sites (N-methyl/N-ethyl adjacent to an activating group) is 1. The van der Waals surface area contributed by atoms with Gasteiger partial charge in [-0.3, -0.25) is 9.69 Å². The van der Waals surface area contributed by atoms with E-state index in [0.717, 1.165) is 5.76 Å². The topological polar surface area (TPSA) is 84.6 Å². The highest BCUT2D eigenvalue weighted by atomic mass is 16.4. The maximum Gasteiger partial charge on any atom is 0.287 e. The molecule has 0 spiro atoms. The first-order chi connectivity index (χ1) is 9.61. The lowest BCUT2D eigenvalue weighted by molar-refractivity contribution is 0.0909. The fourth-order valence-corrected chi connectivity index (χ4v) is 1.90. The molecule has 2 aromatic rings. The first kappa shape index (κ1) is 14.4. The molecule has 0 radical (unpaired) electrons. The molecule has 2 rings (SSSR count). The first-order valence-corrected chi connectivity index (χ1v) is 6.38. The summed E-state index contributed by atoms with van der Waals surface area (Å²) in [5, 5.41) is 2.83. The lowest BCUT2D eigenvalue weighted by Crippen LogP contribution is -2.34. The van der Waals surface area contributed by atoms with Crippen molar-refractivity contribution in [3.8, 4) is 0 Å². The van der Waals surface area contributed by atoms with Gasteiger partial charge in [-0.25, -0.2) is 0 Å². The molecule has 0 aliphatic rings. The number of amides is 1. The molecule has 0 aromatic carbocycles. The summed E-state index contributed by atoms with van der Waals surface area (Å²) < 4.78 is 10.7. The molecule has 1 amide bonds. The third-order valence-electron chi connectivity index (χ3n) is 3.04. The quantitative estimate of drug-likeness (QED) is 0.833. The monoisotopic (exact) mass is 277 g/mol. The van der Waals surface area contributed by atoms with E-state index in [2.05, 4.69) is 5.32 Å². The number of rotatable bonds is 6. The summed E-state index contributed by atoms with van der Waals surface area (Å²) in [5.41, 5.74) is 5.44. The van der Waals surface area contributed by atoms with Crippen molar-refractivity contribution in [2.45, 2.75) is 12.6 Å². The van der Waals surface area contributed by atoms with Crippen molar-refractivity contribution in [1.29, 1.82) is 0 Å². The molecule has 0 aliphatic heterocycles. The minimum Gasteiger partial charge on any atom is -0.468 e. The van der Waals surface area contributed by atoms with Gasteiger partial charge in [0.2, 0.25) is 0 Å². The summed E-state index contributed by atoms with van der Waals surface area (Å²) in [6.07, 6.45) is 1.62. The van der Waals surface area contributed by atoms with Gasteiger partial charge in [0.1, 0.15) is 11.5 Å². The molecule has 0 saturated heterocycles. The fourth-order valence-electron chi connectivity index (χ4n) is 1.90. The lowest BCUT2D eigenvalue weighted by Gasteiger charge is -2.22. The average molecular weight is 277 g/mol. The lowest BCUT2D eigenvalue weighted by atomic mass is 10.2. The van der Waals surface area contributed by atoms with Crippen LogP contribution in [0.4, 0.5) is 0 Å². The molecule has 20 heavy (non-hydrogen) atoms. The highest BCUT2D eigenvalue weighted by Crippen LogP contribution is 2.17. The number of carbonyl (C=O) groups is 1. The molecule has 0 bridgehead atoms. The Morgan fingerprint density at radius 1 is 1.40 bits per heavy atom. The van der Waals surface area contributed by atoms with Crippen LogP contribution in [0.3, 0.4) is 0 Å². The third-order valence-corrected chi connectivity index (χ3v) is 3.04. The summed E-state index contributed by atoms with van der Waals surface area (Å²) >= 11 is 0. The third kappa shape index (κ3) is 3.28. The number of furan rings is 2. The van der Waals surface area contributed by atoms with Crippen LogP contribution in [0, 0.1) is 0 Å². The summed E-state index contributed by atoms with van der Waals surface area (Å²) in [6.45, 7) is 0.706. The van der Waals surface area contributed by atoms with Crippen LogP contribution in [0.2, 0.25) is 0 Å². The Morgan fingerprint density at radius 2 is 2.20 bits per heavy atom. The fraction of sp³-hybridized carbons (Fsp3) is 0.357. The number of nitrogens with two attached hydrogens (primary N) is 1. The van der Waals surface area contributed by atoms with Gasteiger partial charge in [-0.1, -0.05) is 0 Å². The van der Waals surface area contributed by atoms with Crippen molar-refractivity contribution >= 4 is 5.91 Å². The number of hydrogen-bond donors (Lipinski definition) is 2. The molecule has 1 unspecified atom stereocenters. The molecule has 6 nitrogen and oxygen atoms in total. The average Bonchev–Trinajstić information content (AvgIpc) is 3.09. The van der Waals surface area contributed by atoms with Crippen molar-refractivity contribution in [3.63, 3.8) is 0 Å². The number of hydrogen-bond acceptors (Lipinski definition) is 5. The van der Waals surface area contributed by atoms with Crippen molar-refractivity contribution in [2.75, 3.05) is 20.6 Å². The zero-order chi connectivity index (χ0) is 14.5. The molecule has 0 saturated carbocycles. The van der Waals surface area contributed by atoms with E-state index in [9.17, 15) is 4.79 Å². The van der Waals surface area contributed by atoms with E-state index in [1.165, 1.54) is 0 Å². The predicted octanol–water partition coefficient (Wildman–Crippen LogP) is 1.36. The van der Waals surface area contributed by atoms with Crippen molar-refractivity contribution in [3.05, 3.63) is 47.8 Å². The summed E-state index contributed by atoms with van der Waals surface area (Å²) in [7, 11) is 3.86. The maximum atomic E-state index is 12.0. The van der Waals surface area contributed by atoms with E-state index in [1.807, 2.05) is 31.1 Å². The number of nitrogens with zero attached hydrogens (tertiary/aromatic N) is 1. The Morgan fingerprint density at radius 3 is 2.75 bits per heavy atom. The normalized spacial score (nSPS) is 12.6. The van der Waals surface area contributed by atoms with E-state index < -0.39 is 0 Å². The van der Waals surface area contributed by atoms with Gasteiger partial charge < -0.3 is 19.9 Å². The van der Waals surface area contributed by atoms with Gasteiger partial charge in [-0.05, 0) is 38.4 Å². The molecule has 2 heterocycles. The van der Waals surface area contributed by atoms with Gasteiger partial charge in [-0.2, -0.15) is 0 Å². The number of carbonyl (C=O) groups excluding carboxylic acids is 1. The standard InChI is InChI=1S/C14H19N3O3/c1-17(2)11(12-4-3-7-19-12)9-16-14(18)13-6-5-10(8-15)20-13/h3-7,11H,8-9,15H2,1-2H3,(H,16,18). The molecule has 6 heteroatoms. The van der Waals surface area contributed by atoms with Crippen molar-refractivity contribution in [2.24, 2.45) is 5.73 Å². The zero-order valence-corrected chi connectivity index (χ0v) is 11.6. The SMILES string of the molecule is CN(C)C(CNC(=O)c1ccc(CN)o1)c1ccco1. The van der Waals surface area contributed by atoms with Crippen LogP contribution in [0.5, 0.6) is 0 Å². The van der Waals surface area contributed by atoms with Gasteiger partial charge in [0.15, 0.2) is 5.76 Å². The van der Waals surface area contributed by atoms with Crippen LogP contribution in [0.1, 0.15) is 28.1 Å². The largest absolute Gasteiger partial charge is 0.468 e.